The number of aromatic nitrogens is 3. The smallest absolute Gasteiger partial charge is 0.277 e. The highest BCUT2D eigenvalue weighted by Gasteiger charge is 2.18. The van der Waals surface area contributed by atoms with Gasteiger partial charge in [0.25, 0.3) is 5.56 Å². The second-order valence-corrected chi connectivity index (χ2v) is 8.82. The van der Waals surface area contributed by atoms with Gasteiger partial charge >= 0.3 is 0 Å². The molecule has 2 aromatic heterocycles. The molecule has 5 rings (SSSR count). The fraction of sp³-hybridized carbons (Fsp3) is 0.185. The number of hydrogen-bond acceptors (Lipinski definition) is 2. The van der Waals surface area contributed by atoms with E-state index in [1.165, 1.54) is 5.56 Å². The molecule has 32 heavy (non-hydrogen) atoms. The second-order valence-electron chi connectivity index (χ2n) is 8.41. The zero-order valence-corrected chi connectivity index (χ0v) is 18.9. The number of halogens is 1. The molecule has 0 unspecified atom stereocenters. The Bertz CT molecular complexity index is 1480. The van der Waals surface area contributed by atoms with Gasteiger partial charge in [0, 0.05) is 23.5 Å². The van der Waals surface area contributed by atoms with Crippen molar-refractivity contribution in [2.24, 2.45) is 0 Å². The van der Waals surface area contributed by atoms with Crippen molar-refractivity contribution < 1.29 is 0 Å². The van der Waals surface area contributed by atoms with Gasteiger partial charge in [-0.05, 0) is 42.2 Å². The summed E-state index contributed by atoms with van der Waals surface area (Å²) in [6.45, 7) is 5.27. The highest BCUT2D eigenvalue weighted by molar-refractivity contribution is 6.31. The lowest BCUT2D eigenvalue weighted by atomic mass is 10.0. The SMILES string of the molecule is Cc1ccc2c(c1)c1ncn(C[C@@H](C)c3ccccc3)c(=O)c1n2Cc1ccccc1Cl. The summed E-state index contributed by atoms with van der Waals surface area (Å²) in [6.07, 6.45) is 1.69. The van der Waals surface area contributed by atoms with E-state index in [4.69, 9.17) is 16.6 Å². The molecule has 0 aliphatic rings. The number of hydrogen-bond donors (Lipinski definition) is 0. The van der Waals surface area contributed by atoms with Gasteiger partial charge < -0.3 is 4.57 Å². The van der Waals surface area contributed by atoms with Crippen LogP contribution in [-0.2, 0) is 13.1 Å². The molecule has 0 aliphatic carbocycles. The standard InChI is InChI=1S/C27H24ClN3O/c1-18-12-13-24-22(14-18)25-26(31(24)16-21-10-6-7-11-23(21)28)27(32)30(17-29-25)15-19(2)20-8-4-3-5-9-20/h3-14,17,19H,15-16H2,1-2H3/t19-/m1/s1. The highest BCUT2D eigenvalue weighted by atomic mass is 35.5. The van der Waals surface area contributed by atoms with Crippen LogP contribution in [0.25, 0.3) is 21.9 Å². The summed E-state index contributed by atoms with van der Waals surface area (Å²) in [7, 11) is 0. The zero-order chi connectivity index (χ0) is 22.2. The van der Waals surface area contributed by atoms with Crippen molar-refractivity contribution in [3.05, 3.63) is 111 Å². The molecule has 160 valence electrons. The van der Waals surface area contributed by atoms with Gasteiger partial charge in [-0.1, -0.05) is 78.7 Å². The first kappa shape index (κ1) is 20.5. The van der Waals surface area contributed by atoms with Crippen LogP contribution >= 0.6 is 11.6 Å². The van der Waals surface area contributed by atoms with E-state index in [0.717, 1.165) is 27.5 Å². The molecule has 1 atom stereocenters. The molecule has 0 fully saturated rings. The van der Waals surface area contributed by atoms with E-state index in [1.54, 1.807) is 10.9 Å². The van der Waals surface area contributed by atoms with Crippen molar-refractivity contribution in [3.8, 4) is 0 Å². The van der Waals surface area contributed by atoms with Gasteiger partial charge in [-0.15, -0.1) is 0 Å². The quantitative estimate of drug-likeness (QED) is 0.327. The van der Waals surface area contributed by atoms with Gasteiger partial charge in [-0.3, -0.25) is 9.36 Å². The monoisotopic (exact) mass is 441 g/mol. The minimum absolute atomic E-state index is 0.0290. The number of fused-ring (bicyclic) bond motifs is 3. The summed E-state index contributed by atoms with van der Waals surface area (Å²) in [5.74, 6) is 0.191. The third-order valence-electron chi connectivity index (χ3n) is 6.11. The third kappa shape index (κ3) is 3.61. The van der Waals surface area contributed by atoms with Crippen LogP contribution in [0.2, 0.25) is 5.02 Å². The molecular weight excluding hydrogens is 418 g/mol. The maximum absolute atomic E-state index is 13.7. The molecule has 0 N–H and O–H groups in total. The van der Waals surface area contributed by atoms with Crippen molar-refractivity contribution in [3.63, 3.8) is 0 Å². The fourth-order valence-corrected chi connectivity index (χ4v) is 4.58. The molecule has 0 amide bonds. The van der Waals surface area contributed by atoms with E-state index in [2.05, 4.69) is 48.7 Å². The highest BCUT2D eigenvalue weighted by Crippen LogP contribution is 2.29. The van der Waals surface area contributed by atoms with E-state index >= 15 is 0 Å². The molecule has 2 heterocycles. The topological polar surface area (TPSA) is 39.8 Å². The predicted octanol–water partition coefficient (Wildman–Crippen LogP) is 6.17. The molecule has 0 bridgehead atoms. The van der Waals surface area contributed by atoms with Crippen molar-refractivity contribution in [2.75, 3.05) is 0 Å². The zero-order valence-electron chi connectivity index (χ0n) is 18.1. The fourth-order valence-electron chi connectivity index (χ4n) is 4.39. The van der Waals surface area contributed by atoms with Gasteiger partial charge in [0.05, 0.1) is 11.8 Å². The van der Waals surface area contributed by atoms with Crippen molar-refractivity contribution >= 4 is 33.5 Å². The minimum Gasteiger partial charge on any atom is -0.330 e. The molecule has 4 nitrogen and oxygen atoms in total. The largest absolute Gasteiger partial charge is 0.330 e. The van der Waals surface area contributed by atoms with Gasteiger partial charge in [0.1, 0.15) is 11.0 Å². The van der Waals surface area contributed by atoms with Gasteiger partial charge in [0.15, 0.2) is 0 Å². The van der Waals surface area contributed by atoms with Crippen LogP contribution < -0.4 is 5.56 Å². The average Bonchev–Trinajstić information content (AvgIpc) is 3.11. The Morgan fingerprint density at radius 2 is 1.75 bits per heavy atom. The Balaban J connectivity index is 1.69. The summed E-state index contributed by atoms with van der Waals surface area (Å²) in [6, 6.07) is 24.3. The average molecular weight is 442 g/mol. The van der Waals surface area contributed by atoms with Crippen molar-refractivity contribution in [1.82, 2.24) is 14.1 Å². The maximum Gasteiger partial charge on any atom is 0.277 e. The van der Waals surface area contributed by atoms with Crippen LogP contribution in [0, 0.1) is 6.92 Å². The Morgan fingerprint density at radius 3 is 2.53 bits per heavy atom. The molecular formula is C27H24ClN3O. The Hall–Kier alpha value is -3.37. The summed E-state index contributed by atoms with van der Waals surface area (Å²) in [4.78, 5) is 18.5. The van der Waals surface area contributed by atoms with Crippen LogP contribution in [0.1, 0.15) is 29.5 Å². The van der Waals surface area contributed by atoms with E-state index in [1.807, 2.05) is 42.5 Å². The molecule has 0 saturated heterocycles. The Labute approximate surface area is 191 Å². The van der Waals surface area contributed by atoms with E-state index < -0.39 is 0 Å². The maximum atomic E-state index is 13.7. The molecule has 0 radical (unpaired) electrons. The van der Waals surface area contributed by atoms with Crippen molar-refractivity contribution in [2.45, 2.75) is 32.9 Å². The molecule has 5 heteroatoms. The molecule has 0 spiro atoms. The van der Waals surface area contributed by atoms with Crippen LogP contribution in [0.15, 0.2) is 83.9 Å². The Kier molecular flexibility index (Phi) is 5.32. The van der Waals surface area contributed by atoms with Gasteiger partial charge in [-0.2, -0.15) is 0 Å². The molecule has 0 aliphatic heterocycles. The molecule has 5 aromatic rings. The van der Waals surface area contributed by atoms with Gasteiger partial charge in [-0.25, -0.2) is 4.98 Å². The molecule has 0 saturated carbocycles. The lowest BCUT2D eigenvalue weighted by molar-refractivity contribution is 0.575. The summed E-state index contributed by atoms with van der Waals surface area (Å²) in [5, 5.41) is 1.68. The summed E-state index contributed by atoms with van der Waals surface area (Å²) >= 11 is 6.46. The van der Waals surface area contributed by atoms with Crippen LogP contribution in [0.4, 0.5) is 0 Å². The normalized spacial score (nSPS) is 12.5. The summed E-state index contributed by atoms with van der Waals surface area (Å²) in [5.41, 5.74) is 5.63. The Morgan fingerprint density at radius 1 is 1.00 bits per heavy atom. The first-order chi connectivity index (χ1) is 15.5. The van der Waals surface area contributed by atoms with Crippen LogP contribution in [0.5, 0.6) is 0 Å². The second kappa shape index (κ2) is 8.29. The van der Waals surface area contributed by atoms with Crippen LogP contribution in [-0.4, -0.2) is 14.1 Å². The number of aryl methyl sites for hydroxylation is 1. The van der Waals surface area contributed by atoms with Crippen molar-refractivity contribution in [1.29, 1.82) is 0 Å². The van der Waals surface area contributed by atoms with Crippen LogP contribution in [0.3, 0.4) is 0 Å². The lowest BCUT2D eigenvalue weighted by Crippen LogP contribution is -2.24. The summed E-state index contributed by atoms with van der Waals surface area (Å²) < 4.78 is 3.79. The number of benzene rings is 3. The van der Waals surface area contributed by atoms with E-state index in [9.17, 15) is 4.79 Å². The minimum atomic E-state index is -0.0290. The molecule has 3 aromatic carbocycles. The third-order valence-corrected chi connectivity index (χ3v) is 6.48. The first-order valence-corrected chi connectivity index (χ1v) is 11.2. The predicted molar refractivity (Wildman–Crippen MR) is 132 cm³/mol. The first-order valence-electron chi connectivity index (χ1n) is 10.8. The number of rotatable bonds is 5. The lowest BCUT2D eigenvalue weighted by Gasteiger charge is -2.14. The van der Waals surface area contributed by atoms with E-state index in [0.29, 0.717) is 23.6 Å². The van der Waals surface area contributed by atoms with Gasteiger partial charge in [0.2, 0.25) is 0 Å². The number of nitrogens with zero attached hydrogens (tertiary/aromatic N) is 3. The van der Waals surface area contributed by atoms with E-state index in [-0.39, 0.29) is 11.5 Å².